The summed E-state index contributed by atoms with van der Waals surface area (Å²) >= 11 is 7.82. The Bertz CT molecular complexity index is 477. The molecule has 2 aromatic rings. The lowest BCUT2D eigenvalue weighted by atomic mass is 10.0. The average Bonchev–Trinajstić information content (AvgIpc) is 2.90. The highest BCUT2D eigenvalue weighted by Crippen LogP contribution is 2.31. The smallest absolute Gasteiger partial charge is 0.198 e. The van der Waals surface area contributed by atoms with Crippen molar-refractivity contribution >= 4 is 22.9 Å². The summed E-state index contributed by atoms with van der Waals surface area (Å²) in [6.45, 7) is 5.23. The molecule has 92 valence electrons. The molecule has 0 saturated heterocycles. The van der Waals surface area contributed by atoms with Crippen molar-refractivity contribution in [1.82, 2.24) is 5.32 Å². The Morgan fingerprint density at radius 3 is 2.88 bits per heavy atom. The normalized spacial score (nSPS) is 12.9. The van der Waals surface area contributed by atoms with Crippen LogP contribution in [0.1, 0.15) is 35.4 Å². The first-order valence-corrected chi connectivity index (χ1v) is 6.99. The third kappa shape index (κ3) is 2.92. The lowest BCUT2D eigenvalue weighted by Gasteiger charge is -2.16. The largest absolute Gasteiger partial charge is 0.453 e. The first kappa shape index (κ1) is 12.7. The molecule has 1 atom stereocenters. The Hall–Kier alpha value is -0.770. The number of hydrogen-bond acceptors (Lipinski definition) is 3. The summed E-state index contributed by atoms with van der Waals surface area (Å²) in [5, 5.41) is 6.15. The second-order valence-electron chi connectivity index (χ2n) is 4.03. The van der Waals surface area contributed by atoms with Crippen LogP contribution in [0.4, 0.5) is 0 Å². The van der Waals surface area contributed by atoms with Gasteiger partial charge in [0, 0.05) is 10.4 Å². The van der Waals surface area contributed by atoms with Crippen LogP contribution in [-0.4, -0.2) is 6.54 Å². The van der Waals surface area contributed by atoms with Gasteiger partial charge in [-0.3, -0.25) is 0 Å². The molecule has 2 rings (SSSR count). The quantitative estimate of drug-likeness (QED) is 0.871. The fourth-order valence-corrected chi connectivity index (χ4v) is 2.78. The number of thiophene rings is 1. The molecule has 0 aromatic carbocycles. The number of furan rings is 1. The van der Waals surface area contributed by atoms with Gasteiger partial charge in [-0.2, -0.15) is 0 Å². The molecule has 0 radical (unpaired) electrons. The second kappa shape index (κ2) is 5.71. The van der Waals surface area contributed by atoms with Crippen LogP contribution in [0.5, 0.6) is 0 Å². The van der Waals surface area contributed by atoms with Gasteiger partial charge in [-0.1, -0.05) is 6.92 Å². The van der Waals surface area contributed by atoms with E-state index in [0.717, 1.165) is 18.5 Å². The summed E-state index contributed by atoms with van der Waals surface area (Å²) in [5.74, 6) is 0. The molecule has 0 spiro atoms. The first-order valence-electron chi connectivity index (χ1n) is 5.73. The van der Waals surface area contributed by atoms with Crippen molar-refractivity contribution in [3.8, 4) is 0 Å². The van der Waals surface area contributed by atoms with E-state index in [1.54, 1.807) is 17.6 Å². The van der Waals surface area contributed by atoms with Gasteiger partial charge in [-0.05, 0) is 54.6 Å². The van der Waals surface area contributed by atoms with Gasteiger partial charge in [0.25, 0.3) is 0 Å². The van der Waals surface area contributed by atoms with E-state index in [9.17, 15) is 0 Å². The number of hydrogen-bond donors (Lipinski definition) is 1. The molecule has 0 aliphatic rings. The fourth-order valence-electron chi connectivity index (χ4n) is 1.82. The maximum Gasteiger partial charge on any atom is 0.198 e. The van der Waals surface area contributed by atoms with E-state index in [-0.39, 0.29) is 6.04 Å². The van der Waals surface area contributed by atoms with E-state index >= 15 is 0 Å². The molecule has 2 heterocycles. The Kier molecular flexibility index (Phi) is 4.26. The number of halogens is 1. The molecule has 0 amide bonds. The minimum absolute atomic E-state index is 0.131. The standard InChI is InChI=1S/C13H16ClNOS/c1-3-5-15-12(10-7-9(2)17-8-10)11-4-6-16-13(11)14/h4,6-8,12,15H,3,5H2,1-2H3. The maximum absolute atomic E-state index is 6.07. The van der Waals surface area contributed by atoms with E-state index in [1.807, 2.05) is 6.07 Å². The van der Waals surface area contributed by atoms with Crippen LogP contribution in [0.15, 0.2) is 28.2 Å². The van der Waals surface area contributed by atoms with E-state index in [2.05, 4.69) is 30.6 Å². The zero-order chi connectivity index (χ0) is 12.3. The van der Waals surface area contributed by atoms with Crippen LogP contribution < -0.4 is 5.32 Å². The summed E-state index contributed by atoms with van der Waals surface area (Å²) in [5.41, 5.74) is 2.27. The van der Waals surface area contributed by atoms with Gasteiger partial charge in [-0.25, -0.2) is 0 Å². The van der Waals surface area contributed by atoms with Gasteiger partial charge in [0.05, 0.1) is 12.3 Å². The minimum atomic E-state index is 0.131. The Morgan fingerprint density at radius 1 is 1.53 bits per heavy atom. The van der Waals surface area contributed by atoms with Crippen LogP contribution in [0.2, 0.25) is 5.22 Å². The van der Waals surface area contributed by atoms with Crippen molar-refractivity contribution in [1.29, 1.82) is 0 Å². The summed E-state index contributed by atoms with van der Waals surface area (Å²) in [4.78, 5) is 1.31. The van der Waals surface area contributed by atoms with Crippen LogP contribution in [-0.2, 0) is 0 Å². The molecule has 0 fully saturated rings. The van der Waals surface area contributed by atoms with Gasteiger partial charge in [0.1, 0.15) is 0 Å². The SMILES string of the molecule is CCCNC(c1csc(C)c1)c1ccoc1Cl. The highest BCUT2D eigenvalue weighted by Gasteiger charge is 2.19. The topological polar surface area (TPSA) is 25.2 Å². The summed E-state index contributed by atoms with van der Waals surface area (Å²) in [6, 6.07) is 4.26. The first-order chi connectivity index (χ1) is 8.22. The van der Waals surface area contributed by atoms with Crippen molar-refractivity contribution < 1.29 is 4.42 Å². The monoisotopic (exact) mass is 269 g/mol. The van der Waals surface area contributed by atoms with E-state index in [4.69, 9.17) is 16.0 Å². The third-order valence-corrected chi connectivity index (χ3v) is 3.83. The van der Waals surface area contributed by atoms with Gasteiger partial charge in [0.15, 0.2) is 5.22 Å². The molecule has 1 unspecified atom stereocenters. The highest BCUT2D eigenvalue weighted by atomic mass is 35.5. The van der Waals surface area contributed by atoms with Gasteiger partial charge < -0.3 is 9.73 Å². The molecule has 1 N–H and O–H groups in total. The molecule has 2 aromatic heterocycles. The number of rotatable bonds is 5. The summed E-state index contributed by atoms with van der Waals surface area (Å²) in [6.07, 6.45) is 2.73. The lowest BCUT2D eigenvalue weighted by Crippen LogP contribution is -2.22. The lowest BCUT2D eigenvalue weighted by molar-refractivity contribution is 0.550. The van der Waals surface area contributed by atoms with Crippen molar-refractivity contribution in [3.63, 3.8) is 0 Å². The third-order valence-electron chi connectivity index (χ3n) is 2.64. The molecule has 0 saturated carbocycles. The molecule has 17 heavy (non-hydrogen) atoms. The van der Waals surface area contributed by atoms with Crippen molar-refractivity contribution in [2.24, 2.45) is 0 Å². The fraction of sp³-hybridized carbons (Fsp3) is 0.385. The number of aryl methyl sites for hydroxylation is 1. The molecular formula is C13H16ClNOS. The van der Waals surface area contributed by atoms with Crippen LogP contribution in [0.25, 0.3) is 0 Å². The maximum atomic E-state index is 6.07. The zero-order valence-corrected chi connectivity index (χ0v) is 11.6. The summed E-state index contributed by atoms with van der Waals surface area (Å²) in [7, 11) is 0. The van der Waals surface area contributed by atoms with E-state index in [0.29, 0.717) is 5.22 Å². The summed E-state index contributed by atoms with van der Waals surface area (Å²) < 4.78 is 5.18. The predicted octanol–water partition coefficient (Wildman–Crippen LogP) is 4.39. The molecule has 4 heteroatoms. The molecule has 0 aliphatic carbocycles. The van der Waals surface area contributed by atoms with Crippen LogP contribution in [0.3, 0.4) is 0 Å². The molecule has 0 bridgehead atoms. The van der Waals surface area contributed by atoms with Crippen molar-refractivity contribution in [2.75, 3.05) is 6.54 Å². The molecule has 2 nitrogen and oxygen atoms in total. The predicted molar refractivity (Wildman–Crippen MR) is 72.9 cm³/mol. The van der Waals surface area contributed by atoms with Crippen molar-refractivity contribution in [2.45, 2.75) is 26.3 Å². The molecule has 0 aliphatic heterocycles. The Morgan fingerprint density at radius 2 is 2.35 bits per heavy atom. The number of nitrogens with one attached hydrogen (secondary N) is 1. The van der Waals surface area contributed by atoms with Crippen LogP contribution >= 0.6 is 22.9 Å². The molecular weight excluding hydrogens is 254 g/mol. The second-order valence-corrected chi connectivity index (χ2v) is 5.49. The zero-order valence-electron chi connectivity index (χ0n) is 10.00. The highest BCUT2D eigenvalue weighted by molar-refractivity contribution is 7.10. The Balaban J connectivity index is 2.28. The average molecular weight is 270 g/mol. The van der Waals surface area contributed by atoms with Gasteiger partial charge in [-0.15, -0.1) is 11.3 Å². The Labute approximate surface area is 111 Å². The van der Waals surface area contributed by atoms with Crippen LogP contribution in [0, 0.1) is 6.92 Å². The minimum Gasteiger partial charge on any atom is -0.453 e. The van der Waals surface area contributed by atoms with E-state index in [1.165, 1.54) is 10.4 Å². The van der Waals surface area contributed by atoms with Gasteiger partial charge in [0.2, 0.25) is 0 Å². The van der Waals surface area contributed by atoms with Crippen molar-refractivity contribution in [3.05, 3.63) is 45.0 Å². The van der Waals surface area contributed by atoms with Gasteiger partial charge >= 0.3 is 0 Å². The van der Waals surface area contributed by atoms with E-state index < -0.39 is 0 Å².